The molecule has 1 saturated carbocycles. The van der Waals surface area contributed by atoms with Crippen LogP contribution < -0.4 is 16.3 Å². The van der Waals surface area contributed by atoms with Gasteiger partial charge in [0, 0.05) is 30.7 Å². The topological polar surface area (TPSA) is 98.4 Å². The van der Waals surface area contributed by atoms with Gasteiger partial charge in [-0.05, 0) is 38.9 Å². The van der Waals surface area contributed by atoms with Crippen molar-refractivity contribution in [1.29, 1.82) is 5.41 Å². The van der Waals surface area contributed by atoms with Crippen molar-refractivity contribution in [2.75, 3.05) is 32.0 Å². The van der Waals surface area contributed by atoms with Gasteiger partial charge in [0.2, 0.25) is 5.91 Å². The monoisotopic (exact) mass is 398 g/mol. The first kappa shape index (κ1) is 21.0. The van der Waals surface area contributed by atoms with Crippen LogP contribution in [0.15, 0.2) is 27.4 Å². The van der Waals surface area contributed by atoms with Gasteiger partial charge in [-0.3, -0.25) is 4.79 Å². The van der Waals surface area contributed by atoms with Crippen molar-refractivity contribution in [3.8, 4) is 0 Å². The van der Waals surface area contributed by atoms with Gasteiger partial charge in [0.25, 0.3) is 0 Å². The average Bonchev–Trinajstić information content (AvgIpc) is 2.72. The third-order valence-electron chi connectivity index (χ3n) is 5.65. The zero-order valence-electron chi connectivity index (χ0n) is 17.2. The molecule has 3 rings (SSSR count). The molecule has 7 heteroatoms. The van der Waals surface area contributed by atoms with E-state index in [1.54, 1.807) is 6.07 Å². The van der Waals surface area contributed by atoms with E-state index < -0.39 is 5.63 Å². The molecule has 1 aromatic carbocycles. The molecule has 0 unspecified atom stereocenters. The second-order valence-corrected chi connectivity index (χ2v) is 7.80. The molecule has 1 heterocycles. The number of amides is 1. The molecule has 156 valence electrons. The molecule has 1 aliphatic carbocycles. The van der Waals surface area contributed by atoms with E-state index in [1.165, 1.54) is 32.1 Å². The standard InChI is InChI=1S/C22H30N4O3/c1-15-8-9-19-17(12-15)21(18(13-23)22(28)29-19)25-14-20(27)24-10-11-26(2)16-6-4-3-5-7-16/h8-9,12-13,16,23,25H,3-7,10-11,14H2,1-2H3,(H,24,27). The van der Waals surface area contributed by atoms with Crippen molar-refractivity contribution in [2.24, 2.45) is 0 Å². The summed E-state index contributed by atoms with van der Waals surface area (Å²) in [7, 11) is 2.12. The average molecular weight is 399 g/mol. The zero-order chi connectivity index (χ0) is 20.8. The lowest BCUT2D eigenvalue weighted by atomic mass is 9.94. The Balaban J connectivity index is 1.59. The van der Waals surface area contributed by atoms with Crippen molar-refractivity contribution in [1.82, 2.24) is 10.2 Å². The molecule has 7 nitrogen and oxygen atoms in total. The number of carbonyl (C=O) groups is 1. The quantitative estimate of drug-likeness (QED) is 0.469. The van der Waals surface area contributed by atoms with Crippen molar-refractivity contribution in [3.63, 3.8) is 0 Å². The van der Waals surface area contributed by atoms with E-state index in [9.17, 15) is 9.59 Å². The first-order valence-electron chi connectivity index (χ1n) is 10.3. The minimum Gasteiger partial charge on any atom is -0.422 e. The van der Waals surface area contributed by atoms with E-state index in [1.807, 2.05) is 19.1 Å². The van der Waals surface area contributed by atoms with Crippen molar-refractivity contribution in [3.05, 3.63) is 39.7 Å². The van der Waals surface area contributed by atoms with E-state index in [-0.39, 0.29) is 18.0 Å². The Bertz CT molecular complexity index is 932. The lowest BCUT2D eigenvalue weighted by Crippen LogP contribution is -2.40. The molecular formula is C22H30N4O3. The number of nitrogens with zero attached hydrogens (tertiary/aromatic N) is 1. The number of fused-ring (bicyclic) bond motifs is 1. The molecule has 1 aliphatic rings. The number of carbonyl (C=O) groups excluding carboxylic acids is 1. The predicted octanol–water partition coefficient (Wildman–Crippen LogP) is 2.89. The highest BCUT2D eigenvalue weighted by Gasteiger charge is 2.18. The zero-order valence-corrected chi connectivity index (χ0v) is 17.2. The molecule has 1 aromatic heterocycles. The van der Waals surface area contributed by atoms with Gasteiger partial charge >= 0.3 is 5.63 Å². The summed E-state index contributed by atoms with van der Waals surface area (Å²) < 4.78 is 5.28. The lowest BCUT2D eigenvalue weighted by molar-refractivity contribution is -0.119. The number of benzene rings is 1. The molecule has 1 fully saturated rings. The molecule has 29 heavy (non-hydrogen) atoms. The van der Waals surface area contributed by atoms with Crippen LogP contribution in [0.25, 0.3) is 11.0 Å². The summed E-state index contributed by atoms with van der Waals surface area (Å²) in [5.74, 6) is -0.146. The number of hydrogen-bond acceptors (Lipinski definition) is 6. The van der Waals surface area contributed by atoms with Gasteiger partial charge < -0.3 is 25.4 Å². The third kappa shape index (κ3) is 5.23. The van der Waals surface area contributed by atoms with Crippen LogP contribution in [0.5, 0.6) is 0 Å². The fraction of sp³-hybridized carbons (Fsp3) is 0.500. The van der Waals surface area contributed by atoms with Gasteiger partial charge in [0.1, 0.15) is 11.1 Å². The van der Waals surface area contributed by atoms with Crippen LogP contribution in [-0.2, 0) is 4.79 Å². The van der Waals surface area contributed by atoms with Crippen LogP contribution in [0.2, 0.25) is 0 Å². The van der Waals surface area contributed by atoms with Crippen LogP contribution >= 0.6 is 0 Å². The Morgan fingerprint density at radius 2 is 2.07 bits per heavy atom. The second kappa shape index (κ2) is 9.69. The highest BCUT2D eigenvalue weighted by atomic mass is 16.4. The molecule has 1 amide bonds. The third-order valence-corrected chi connectivity index (χ3v) is 5.65. The van der Waals surface area contributed by atoms with E-state index in [0.29, 0.717) is 29.2 Å². The summed E-state index contributed by atoms with van der Waals surface area (Å²) in [6.07, 6.45) is 7.35. The highest BCUT2D eigenvalue weighted by molar-refractivity contribution is 6.00. The second-order valence-electron chi connectivity index (χ2n) is 7.80. The Morgan fingerprint density at radius 3 is 2.79 bits per heavy atom. The normalized spacial score (nSPS) is 14.9. The Hall–Kier alpha value is -2.67. The summed E-state index contributed by atoms with van der Waals surface area (Å²) in [5, 5.41) is 14.2. The maximum absolute atomic E-state index is 12.3. The van der Waals surface area contributed by atoms with Crippen LogP contribution in [0.4, 0.5) is 5.69 Å². The van der Waals surface area contributed by atoms with Crippen LogP contribution in [-0.4, -0.2) is 49.7 Å². The minimum absolute atomic E-state index is 0.0283. The Kier molecular flexibility index (Phi) is 7.04. The minimum atomic E-state index is -0.589. The Morgan fingerprint density at radius 1 is 1.31 bits per heavy atom. The maximum atomic E-state index is 12.3. The number of likely N-dealkylation sites (N-methyl/N-ethyl adjacent to an activating group) is 1. The SMILES string of the molecule is Cc1ccc2oc(=O)c(C=N)c(NCC(=O)NCCN(C)C3CCCCC3)c2c1. The molecule has 0 atom stereocenters. The molecule has 0 aliphatic heterocycles. The highest BCUT2D eigenvalue weighted by Crippen LogP contribution is 2.25. The molecule has 3 N–H and O–H groups in total. The predicted molar refractivity (Wildman–Crippen MR) is 116 cm³/mol. The molecule has 0 radical (unpaired) electrons. The molecule has 0 spiro atoms. The van der Waals surface area contributed by atoms with Gasteiger partial charge in [0.05, 0.1) is 12.2 Å². The first-order valence-corrected chi connectivity index (χ1v) is 10.3. The molecule has 0 saturated heterocycles. The van der Waals surface area contributed by atoms with Crippen LogP contribution in [0.3, 0.4) is 0 Å². The maximum Gasteiger partial charge on any atom is 0.347 e. The number of aryl methyl sites for hydroxylation is 1. The summed E-state index contributed by atoms with van der Waals surface area (Å²) in [4.78, 5) is 26.8. The molecule has 2 aromatic rings. The summed E-state index contributed by atoms with van der Waals surface area (Å²) in [6, 6.07) is 6.08. The van der Waals surface area contributed by atoms with Gasteiger partial charge in [-0.15, -0.1) is 0 Å². The van der Waals surface area contributed by atoms with Crippen molar-refractivity contribution in [2.45, 2.75) is 45.1 Å². The number of anilines is 1. The van der Waals surface area contributed by atoms with Gasteiger partial charge in [-0.25, -0.2) is 4.79 Å². The lowest BCUT2D eigenvalue weighted by Gasteiger charge is -2.31. The van der Waals surface area contributed by atoms with Crippen molar-refractivity contribution < 1.29 is 9.21 Å². The largest absolute Gasteiger partial charge is 0.422 e. The molecule has 0 bridgehead atoms. The Labute approximate surface area is 171 Å². The smallest absolute Gasteiger partial charge is 0.347 e. The first-order chi connectivity index (χ1) is 14.0. The number of hydrogen-bond donors (Lipinski definition) is 3. The van der Waals surface area contributed by atoms with Crippen LogP contribution in [0.1, 0.15) is 43.2 Å². The van der Waals surface area contributed by atoms with E-state index in [2.05, 4.69) is 22.6 Å². The fourth-order valence-corrected chi connectivity index (χ4v) is 3.96. The van der Waals surface area contributed by atoms with Gasteiger partial charge in [-0.1, -0.05) is 30.9 Å². The number of rotatable bonds is 8. The number of nitrogens with one attached hydrogen (secondary N) is 3. The van der Waals surface area contributed by atoms with Gasteiger partial charge in [-0.2, -0.15) is 0 Å². The van der Waals surface area contributed by atoms with Crippen LogP contribution in [0, 0.1) is 12.3 Å². The van der Waals surface area contributed by atoms with E-state index >= 15 is 0 Å². The molecular weight excluding hydrogens is 368 g/mol. The van der Waals surface area contributed by atoms with E-state index in [4.69, 9.17) is 9.83 Å². The summed E-state index contributed by atoms with van der Waals surface area (Å²) in [6.45, 7) is 3.37. The summed E-state index contributed by atoms with van der Waals surface area (Å²) in [5.41, 5.74) is 1.43. The van der Waals surface area contributed by atoms with Gasteiger partial charge in [0.15, 0.2) is 0 Å². The van der Waals surface area contributed by atoms with E-state index in [0.717, 1.165) is 18.3 Å². The fourth-order valence-electron chi connectivity index (χ4n) is 3.96. The van der Waals surface area contributed by atoms with Crippen molar-refractivity contribution >= 4 is 28.8 Å². The summed E-state index contributed by atoms with van der Waals surface area (Å²) >= 11 is 0.